The van der Waals surface area contributed by atoms with Crippen LogP contribution in [0.2, 0.25) is 10.0 Å². The van der Waals surface area contributed by atoms with Crippen LogP contribution in [0.25, 0.3) is 0 Å². The molecule has 0 amide bonds. The Morgan fingerprint density at radius 3 is 2.65 bits per heavy atom. The average Bonchev–Trinajstić information content (AvgIpc) is 2.25. The molecule has 0 saturated heterocycles. The summed E-state index contributed by atoms with van der Waals surface area (Å²) >= 11 is 11.9. The Bertz CT molecular complexity index is 374. The molecule has 1 N–H and O–H groups in total. The highest BCUT2D eigenvalue weighted by Gasteiger charge is 2.17. The maximum absolute atomic E-state index is 6.01. The molecule has 1 aliphatic carbocycles. The monoisotopic (exact) mass is 271 g/mol. The zero-order valence-corrected chi connectivity index (χ0v) is 11.7. The van der Waals surface area contributed by atoms with E-state index >= 15 is 0 Å². The second-order valence-corrected chi connectivity index (χ2v) is 5.75. The van der Waals surface area contributed by atoms with Crippen LogP contribution in [0.1, 0.15) is 44.2 Å². The summed E-state index contributed by atoms with van der Waals surface area (Å²) in [6, 6.07) is 6.19. The van der Waals surface area contributed by atoms with E-state index in [0.717, 1.165) is 12.5 Å². The van der Waals surface area contributed by atoms with Crippen molar-refractivity contribution in [3.8, 4) is 0 Å². The fourth-order valence-corrected chi connectivity index (χ4v) is 2.49. The van der Waals surface area contributed by atoms with E-state index in [1.54, 1.807) is 0 Å². The summed E-state index contributed by atoms with van der Waals surface area (Å²) in [4.78, 5) is 0. The number of benzene rings is 1. The number of halogens is 2. The molecule has 94 valence electrons. The van der Waals surface area contributed by atoms with Crippen molar-refractivity contribution in [3.05, 3.63) is 33.8 Å². The van der Waals surface area contributed by atoms with Crippen LogP contribution >= 0.6 is 23.2 Å². The van der Waals surface area contributed by atoms with Crippen molar-refractivity contribution in [3.63, 3.8) is 0 Å². The number of hydrogen-bond donors (Lipinski definition) is 1. The van der Waals surface area contributed by atoms with Gasteiger partial charge in [-0.3, -0.25) is 0 Å². The summed E-state index contributed by atoms with van der Waals surface area (Å²) in [7, 11) is 0. The fraction of sp³-hybridized carbons (Fsp3) is 0.571. The number of hydrogen-bond acceptors (Lipinski definition) is 1. The molecule has 0 bridgehead atoms. The quantitative estimate of drug-likeness (QED) is 0.809. The summed E-state index contributed by atoms with van der Waals surface area (Å²) in [6.45, 7) is 3.26. The first-order chi connectivity index (χ1) is 8.16. The van der Waals surface area contributed by atoms with E-state index in [9.17, 15) is 0 Å². The van der Waals surface area contributed by atoms with E-state index in [4.69, 9.17) is 23.2 Å². The third kappa shape index (κ3) is 3.61. The van der Waals surface area contributed by atoms with Gasteiger partial charge in [0.1, 0.15) is 0 Å². The lowest BCUT2D eigenvalue weighted by molar-refractivity contribution is 0.288. The molecular weight excluding hydrogens is 253 g/mol. The third-order valence-electron chi connectivity index (χ3n) is 3.67. The molecule has 0 radical (unpaired) electrons. The topological polar surface area (TPSA) is 12.0 Å². The highest BCUT2D eigenvalue weighted by molar-refractivity contribution is 6.42. The minimum atomic E-state index is 0.338. The lowest BCUT2D eigenvalue weighted by Crippen LogP contribution is -2.24. The molecule has 0 aliphatic heterocycles. The average molecular weight is 272 g/mol. The Morgan fingerprint density at radius 1 is 1.29 bits per heavy atom. The predicted molar refractivity (Wildman–Crippen MR) is 74.8 cm³/mol. The van der Waals surface area contributed by atoms with Crippen LogP contribution in [0, 0.1) is 5.92 Å². The van der Waals surface area contributed by atoms with Gasteiger partial charge in [0, 0.05) is 6.04 Å². The third-order valence-corrected chi connectivity index (χ3v) is 4.41. The van der Waals surface area contributed by atoms with Crippen molar-refractivity contribution >= 4 is 23.2 Å². The zero-order chi connectivity index (χ0) is 12.3. The smallest absolute Gasteiger partial charge is 0.0595 e. The van der Waals surface area contributed by atoms with Gasteiger partial charge in [-0.1, -0.05) is 48.5 Å². The van der Waals surface area contributed by atoms with Crippen LogP contribution < -0.4 is 5.32 Å². The van der Waals surface area contributed by atoms with Crippen molar-refractivity contribution in [1.29, 1.82) is 0 Å². The van der Waals surface area contributed by atoms with Crippen LogP contribution in [-0.4, -0.2) is 6.54 Å². The van der Waals surface area contributed by atoms with Gasteiger partial charge >= 0.3 is 0 Å². The standard InChI is InChI=1S/C14H19Cl2N/c1-10(17-8-7-11-3-2-4-11)12-5-6-13(15)14(16)9-12/h5-6,9-11,17H,2-4,7-8H2,1H3. The van der Waals surface area contributed by atoms with Crippen molar-refractivity contribution in [2.75, 3.05) is 6.54 Å². The van der Waals surface area contributed by atoms with E-state index < -0.39 is 0 Å². The predicted octanol–water partition coefficient (Wildman–Crippen LogP) is 4.83. The van der Waals surface area contributed by atoms with E-state index in [1.165, 1.54) is 31.2 Å². The molecule has 1 atom stereocenters. The summed E-state index contributed by atoms with van der Waals surface area (Å²) < 4.78 is 0. The van der Waals surface area contributed by atoms with Crippen LogP contribution in [0.4, 0.5) is 0 Å². The minimum absolute atomic E-state index is 0.338. The molecule has 0 aromatic heterocycles. The zero-order valence-electron chi connectivity index (χ0n) is 10.2. The molecule has 1 saturated carbocycles. The number of rotatable bonds is 5. The molecule has 1 aromatic rings. The van der Waals surface area contributed by atoms with Crippen LogP contribution in [-0.2, 0) is 0 Å². The van der Waals surface area contributed by atoms with E-state index in [1.807, 2.05) is 18.2 Å². The van der Waals surface area contributed by atoms with Gasteiger partial charge in [-0.05, 0) is 43.5 Å². The van der Waals surface area contributed by atoms with Crippen LogP contribution in [0.15, 0.2) is 18.2 Å². The molecule has 0 spiro atoms. The largest absolute Gasteiger partial charge is 0.310 e. The first-order valence-electron chi connectivity index (χ1n) is 6.35. The van der Waals surface area contributed by atoms with Gasteiger partial charge in [0.2, 0.25) is 0 Å². The van der Waals surface area contributed by atoms with Crippen LogP contribution in [0.5, 0.6) is 0 Å². The van der Waals surface area contributed by atoms with Crippen molar-refractivity contribution < 1.29 is 0 Å². The normalized spacial score (nSPS) is 17.8. The Morgan fingerprint density at radius 2 is 2.06 bits per heavy atom. The maximum Gasteiger partial charge on any atom is 0.0595 e. The molecular formula is C14H19Cl2N. The second-order valence-electron chi connectivity index (χ2n) is 4.93. The van der Waals surface area contributed by atoms with E-state index in [0.29, 0.717) is 16.1 Å². The Hall–Kier alpha value is -0.240. The Balaban J connectivity index is 1.81. The molecule has 1 unspecified atom stereocenters. The van der Waals surface area contributed by atoms with E-state index in [-0.39, 0.29) is 0 Å². The minimum Gasteiger partial charge on any atom is -0.310 e. The molecule has 1 aliphatic rings. The SMILES string of the molecule is CC(NCCC1CCC1)c1ccc(Cl)c(Cl)c1. The summed E-state index contributed by atoms with van der Waals surface area (Å²) in [5, 5.41) is 4.80. The van der Waals surface area contributed by atoms with Gasteiger partial charge in [-0.25, -0.2) is 0 Å². The molecule has 2 rings (SSSR count). The highest BCUT2D eigenvalue weighted by atomic mass is 35.5. The van der Waals surface area contributed by atoms with Gasteiger partial charge < -0.3 is 5.32 Å². The van der Waals surface area contributed by atoms with Gasteiger partial charge in [-0.2, -0.15) is 0 Å². The summed E-state index contributed by atoms with van der Waals surface area (Å²) in [6.07, 6.45) is 5.56. The van der Waals surface area contributed by atoms with E-state index in [2.05, 4.69) is 12.2 Å². The lowest BCUT2D eigenvalue weighted by Gasteiger charge is -2.26. The van der Waals surface area contributed by atoms with Crippen molar-refractivity contribution in [2.24, 2.45) is 5.92 Å². The highest BCUT2D eigenvalue weighted by Crippen LogP contribution is 2.29. The van der Waals surface area contributed by atoms with Gasteiger partial charge in [0.05, 0.1) is 10.0 Å². The molecule has 3 heteroatoms. The molecule has 1 aromatic carbocycles. The maximum atomic E-state index is 6.01. The Labute approximate surface area is 114 Å². The molecule has 17 heavy (non-hydrogen) atoms. The molecule has 1 nitrogen and oxygen atoms in total. The second kappa shape index (κ2) is 6.08. The Kier molecular flexibility index (Phi) is 4.72. The summed E-state index contributed by atoms with van der Waals surface area (Å²) in [5.41, 5.74) is 1.20. The first-order valence-corrected chi connectivity index (χ1v) is 7.10. The van der Waals surface area contributed by atoms with Gasteiger partial charge in [-0.15, -0.1) is 0 Å². The molecule has 1 fully saturated rings. The van der Waals surface area contributed by atoms with Crippen molar-refractivity contribution in [1.82, 2.24) is 5.32 Å². The van der Waals surface area contributed by atoms with Gasteiger partial charge in [0.25, 0.3) is 0 Å². The van der Waals surface area contributed by atoms with Gasteiger partial charge in [0.15, 0.2) is 0 Å². The lowest BCUT2D eigenvalue weighted by atomic mass is 9.83. The van der Waals surface area contributed by atoms with Crippen LogP contribution in [0.3, 0.4) is 0 Å². The first kappa shape index (κ1) is 13.2. The number of nitrogens with one attached hydrogen (secondary N) is 1. The molecule has 0 heterocycles. The summed E-state index contributed by atoms with van der Waals surface area (Å²) in [5.74, 6) is 0.962. The fourth-order valence-electron chi connectivity index (χ4n) is 2.19. The van der Waals surface area contributed by atoms with Crippen molar-refractivity contribution in [2.45, 2.75) is 38.6 Å².